The number of carbonyl (C=O) groups excluding carboxylic acids is 3. The molecule has 0 atom stereocenters. The highest BCUT2D eigenvalue weighted by Gasteiger charge is 2.26. The van der Waals surface area contributed by atoms with Crippen molar-refractivity contribution in [2.75, 3.05) is 20.3 Å². The highest BCUT2D eigenvalue weighted by molar-refractivity contribution is 6.09. The lowest BCUT2D eigenvalue weighted by atomic mass is 10.1. The van der Waals surface area contributed by atoms with Crippen LogP contribution in [0.25, 0.3) is 0 Å². The topological polar surface area (TPSA) is 94.7 Å². The van der Waals surface area contributed by atoms with E-state index in [0.717, 1.165) is 0 Å². The van der Waals surface area contributed by atoms with Crippen LogP contribution in [0.2, 0.25) is 0 Å². The van der Waals surface area contributed by atoms with Crippen LogP contribution in [-0.4, -0.2) is 43.0 Å². The molecule has 0 aliphatic rings. The highest BCUT2D eigenvalue weighted by Crippen LogP contribution is 2.21. The molecule has 1 N–H and O–H groups in total. The summed E-state index contributed by atoms with van der Waals surface area (Å²) < 4.78 is 15.1. The fourth-order valence-electron chi connectivity index (χ4n) is 2.62. The van der Waals surface area contributed by atoms with E-state index in [1.54, 1.807) is 39.0 Å². The predicted molar refractivity (Wildman–Crippen MR) is 93.8 cm³/mol. The number of aryl methyl sites for hydroxylation is 2. The van der Waals surface area contributed by atoms with Gasteiger partial charge in [0.25, 0.3) is 0 Å². The molecular weight excluding hydrogens is 338 g/mol. The second kappa shape index (κ2) is 8.33. The van der Waals surface area contributed by atoms with Crippen LogP contribution in [0, 0.1) is 13.8 Å². The second-order valence-electron chi connectivity index (χ2n) is 5.58. The van der Waals surface area contributed by atoms with Crippen LogP contribution < -0.4 is 4.74 Å². The molecule has 0 saturated heterocycles. The lowest BCUT2D eigenvalue weighted by Crippen LogP contribution is -2.18. The van der Waals surface area contributed by atoms with E-state index in [0.29, 0.717) is 17.1 Å². The fourth-order valence-corrected chi connectivity index (χ4v) is 2.62. The van der Waals surface area contributed by atoms with Crippen LogP contribution >= 0.6 is 0 Å². The van der Waals surface area contributed by atoms with Crippen molar-refractivity contribution in [1.29, 1.82) is 0 Å². The zero-order valence-electron chi connectivity index (χ0n) is 15.2. The summed E-state index contributed by atoms with van der Waals surface area (Å²) >= 11 is 0. The predicted octanol–water partition coefficient (Wildman–Crippen LogP) is 2.86. The van der Waals surface area contributed by atoms with Gasteiger partial charge in [0.1, 0.15) is 5.75 Å². The van der Waals surface area contributed by atoms with Crippen LogP contribution in [0.1, 0.15) is 49.4 Å². The number of carbonyl (C=O) groups is 3. The van der Waals surface area contributed by atoms with Crippen molar-refractivity contribution in [2.24, 2.45) is 0 Å². The van der Waals surface area contributed by atoms with Gasteiger partial charge in [-0.3, -0.25) is 4.79 Å². The Morgan fingerprint density at radius 1 is 1.00 bits per heavy atom. The standard InChI is InChI=1S/C19H21NO6/c1-5-25-19(23)17-12(3)20-11(2)16(17)15(21)10-26-18(22)13-7-6-8-14(9-13)24-4/h6-9,20H,5,10H2,1-4H3. The molecule has 0 radical (unpaired) electrons. The Kier molecular flexibility index (Phi) is 6.16. The first-order valence-corrected chi connectivity index (χ1v) is 8.09. The lowest BCUT2D eigenvalue weighted by Gasteiger charge is -2.08. The SMILES string of the molecule is CCOC(=O)c1c(C)[nH]c(C)c1C(=O)COC(=O)c1cccc(OC)c1. The molecule has 1 aromatic carbocycles. The summed E-state index contributed by atoms with van der Waals surface area (Å²) in [6, 6.07) is 6.42. The van der Waals surface area contributed by atoms with Crippen LogP contribution in [0.3, 0.4) is 0 Å². The van der Waals surface area contributed by atoms with Gasteiger partial charge in [-0.25, -0.2) is 9.59 Å². The summed E-state index contributed by atoms with van der Waals surface area (Å²) in [5.41, 5.74) is 1.67. The van der Waals surface area contributed by atoms with Crippen LogP contribution in [0.5, 0.6) is 5.75 Å². The third-order valence-electron chi connectivity index (χ3n) is 3.77. The molecule has 0 bridgehead atoms. The summed E-state index contributed by atoms with van der Waals surface area (Å²) in [4.78, 5) is 39.7. The summed E-state index contributed by atoms with van der Waals surface area (Å²) in [6.45, 7) is 4.75. The normalized spacial score (nSPS) is 10.3. The highest BCUT2D eigenvalue weighted by atomic mass is 16.5. The van der Waals surface area contributed by atoms with Crippen molar-refractivity contribution in [3.05, 3.63) is 52.3 Å². The largest absolute Gasteiger partial charge is 0.497 e. The molecule has 2 aromatic rings. The minimum atomic E-state index is -0.653. The van der Waals surface area contributed by atoms with E-state index in [1.165, 1.54) is 13.2 Å². The molecule has 26 heavy (non-hydrogen) atoms. The number of benzene rings is 1. The summed E-state index contributed by atoms with van der Waals surface area (Å²) in [5, 5.41) is 0. The van der Waals surface area contributed by atoms with Crippen LogP contribution in [-0.2, 0) is 9.47 Å². The summed E-state index contributed by atoms with van der Waals surface area (Å²) in [7, 11) is 1.49. The Bertz CT molecular complexity index is 837. The maximum absolute atomic E-state index is 12.5. The van der Waals surface area contributed by atoms with Crippen molar-refractivity contribution < 1.29 is 28.6 Å². The van der Waals surface area contributed by atoms with Crippen molar-refractivity contribution in [3.8, 4) is 5.75 Å². The minimum Gasteiger partial charge on any atom is -0.497 e. The number of hydrogen-bond acceptors (Lipinski definition) is 6. The average molecular weight is 359 g/mol. The average Bonchev–Trinajstić information content (AvgIpc) is 2.93. The van der Waals surface area contributed by atoms with Gasteiger partial charge in [-0.2, -0.15) is 0 Å². The van der Waals surface area contributed by atoms with Gasteiger partial charge in [-0.1, -0.05) is 6.07 Å². The molecule has 0 aliphatic heterocycles. The van der Waals surface area contributed by atoms with Gasteiger partial charge in [0.2, 0.25) is 5.78 Å². The fraction of sp³-hybridized carbons (Fsp3) is 0.316. The maximum Gasteiger partial charge on any atom is 0.340 e. The number of Topliss-reactive ketones (excluding diaryl/α,β-unsaturated/α-hetero) is 1. The number of nitrogens with one attached hydrogen (secondary N) is 1. The molecule has 0 unspecified atom stereocenters. The van der Waals surface area contributed by atoms with Gasteiger partial charge in [0.15, 0.2) is 6.61 Å². The van der Waals surface area contributed by atoms with Gasteiger partial charge >= 0.3 is 11.9 Å². The van der Waals surface area contributed by atoms with Crippen molar-refractivity contribution in [3.63, 3.8) is 0 Å². The van der Waals surface area contributed by atoms with Gasteiger partial charge in [-0.05, 0) is 39.0 Å². The lowest BCUT2D eigenvalue weighted by molar-refractivity contribution is 0.0471. The monoisotopic (exact) mass is 359 g/mol. The van der Waals surface area contributed by atoms with E-state index < -0.39 is 24.3 Å². The first-order valence-electron chi connectivity index (χ1n) is 8.09. The quantitative estimate of drug-likeness (QED) is 0.603. The number of aromatic nitrogens is 1. The molecule has 138 valence electrons. The molecule has 0 aliphatic carbocycles. The Hall–Kier alpha value is -3.09. The zero-order chi connectivity index (χ0) is 19.3. The van der Waals surface area contributed by atoms with Crippen LogP contribution in [0.15, 0.2) is 24.3 Å². The second-order valence-corrected chi connectivity index (χ2v) is 5.58. The first-order chi connectivity index (χ1) is 12.4. The Morgan fingerprint density at radius 2 is 1.69 bits per heavy atom. The van der Waals surface area contributed by atoms with Gasteiger partial charge in [-0.15, -0.1) is 0 Å². The molecule has 0 saturated carbocycles. The smallest absolute Gasteiger partial charge is 0.340 e. The van der Waals surface area contributed by atoms with Gasteiger partial charge in [0, 0.05) is 11.4 Å². The molecule has 0 fully saturated rings. The Morgan fingerprint density at radius 3 is 2.35 bits per heavy atom. The molecule has 7 nitrogen and oxygen atoms in total. The van der Waals surface area contributed by atoms with E-state index in [4.69, 9.17) is 14.2 Å². The number of H-pyrrole nitrogens is 1. The number of ketones is 1. The van der Waals surface area contributed by atoms with Crippen LogP contribution in [0.4, 0.5) is 0 Å². The van der Waals surface area contributed by atoms with Crippen molar-refractivity contribution in [1.82, 2.24) is 4.98 Å². The molecule has 1 heterocycles. The zero-order valence-corrected chi connectivity index (χ0v) is 15.2. The molecule has 2 rings (SSSR count). The van der Waals surface area contributed by atoms with E-state index in [9.17, 15) is 14.4 Å². The van der Waals surface area contributed by atoms with E-state index >= 15 is 0 Å². The minimum absolute atomic E-state index is 0.173. The molecular formula is C19H21NO6. The number of hydrogen-bond donors (Lipinski definition) is 1. The third kappa shape index (κ3) is 4.11. The summed E-state index contributed by atoms with van der Waals surface area (Å²) in [6.07, 6.45) is 0. The molecule has 0 spiro atoms. The molecule has 1 aromatic heterocycles. The maximum atomic E-state index is 12.5. The molecule has 0 amide bonds. The number of ether oxygens (including phenoxy) is 3. The number of methoxy groups -OCH3 is 1. The Balaban J connectivity index is 2.15. The van der Waals surface area contributed by atoms with Gasteiger partial charge in [0.05, 0.1) is 30.4 Å². The number of rotatable bonds is 7. The number of esters is 2. The van der Waals surface area contributed by atoms with E-state index in [2.05, 4.69) is 4.98 Å². The third-order valence-corrected chi connectivity index (χ3v) is 3.77. The van der Waals surface area contributed by atoms with E-state index in [1.807, 2.05) is 0 Å². The first kappa shape index (κ1) is 19.2. The van der Waals surface area contributed by atoms with Crippen molar-refractivity contribution in [2.45, 2.75) is 20.8 Å². The summed E-state index contributed by atoms with van der Waals surface area (Å²) in [5.74, 6) is -1.21. The molecule has 7 heteroatoms. The Labute approximate surface area is 151 Å². The van der Waals surface area contributed by atoms with Gasteiger partial charge < -0.3 is 19.2 Å². The van der Waals surface area contributed by atoms with Crippen molar-refractivity contribution >= 4 is 17.7 Å². The van der Waals surface area contributed by atoms with E-state index in [-0.39, 0.29) is 23.3 Å². The number of aromatic amines is 1.